The van der Waals surface area contributed by atoms with E-state index in [1.807, 2.05) is 31.2 Å². The Morgan fingerprint density at radius 2 is 1.90 bits per heavy atom. The van der Waals surface area contributed by atoms with E-state index in [0.717, 1.165) is 11.1 Å². The molecule has 1 N–H and O–H groups in total. The molecular formula is C17H26N2O2. The molecule has 0 atom stereocenters. The molecule has 0 aliphatic carbocycles. The summed E-state index contributed by atoms with van der Waals surface area (Å²) in [5, 5.41) is 2.87. The van der Waals surface area contributed by atoms with E-state index in [9.17, 15) is 9.59 Å². The molecule has 0 aliphatic rings. The first kappa shape index (κ1) is 17.2. The highest BCUT2D eigenvalue weighted by Gasteiger charge is 2.12. The van der Waals surface area contributed by atoms with E-state index in [-0.39, 0.29) is 11.8 Å². The summed E-state index contributed by atoms with van der Waals surface area (Å²) in [7, 11) is 0. The number of benzene rings is 1. The van der Waals surface area contributed by atoms with Gasteiger partial charge in [0.1, 0.15) is 0 Å². The summed E-state index contributed by atoms with van der Waals surface area (Å²) >= 11 is 0. The van der Waals surface area contributed by atoms with Gasteiger partial charge in [0.25, 0.3) is 0 Å². The number of hydrogen-bond acceptors (Lipinski definition) is 2. The molecule has 0 radical (unpaired) electrons. The molecule has 1 aromatic carbocycles. The molecule has 1 rings (SSSR count). The van der Waals surface area contributed by atoms with Crippen molar-refractivity contribution in [1.82, 2.24) is 10.2 Å². The van der Waals surface area contributed by atoms with Crippen LogP contribution in [0.1, 0.15) is 38.3 Å². The molecule has 0 aliphatic heterocycles. The molecule has 0 fully saturated rings. The van der Waals surface area contributed by atoms with Gasteiger partial charge in [-0.05, 0) is 24.0 Å². The molecule has 0 unspecified atom stereocenters. The fourth-order valence-electron chi connectivity index (χ4n) is 1.98. The number of nitrogens with zero attached hydrogens (tertiary/aromatic N) is 1. The van der Waals surface area contributed by atoms with Gasteiger partial charge in [-0.1, -0.05) is 38.1 Å². The molecule has 4 nitrogen and oxygen atoms in total. The smallest absolute Gasteiger partial charge is 0.221 e. The van der Waals surface area contributed by atoms with E-state index in [4.69, 9.17) is 0 Å². The lowest BCUT2D eigenvalue weighted by molar-refractivity contribution is -0.130. The first-order valence-corrected chi connectivity index (χ1v) is 7.47. The molecule has 0 saturated carbocycles. The van der Waals surface area contributed by atoms with Crippen LogP contribution in [0.15, 0.2) is 24.3 Å². The summed E-state index contributed by atoms with van der Waals surface area (Å²) in [5.41, 5.74) is 2.28. The Labute approximate surface area is 127 Å². The van der Waals surface area contributed by atoms with Crippen LogP contribution >= 0.6 is 0 Å². The first-order valence-electron chi connectivity index (χ1n) is 7.47. The number of nitrogens with one attached hydrogen (secondary N) is 1. The predicted molar refractivity (Wildman–Crippen MR) is 84.7 cm³/mol. The molecule has 4 heteroatoms. The van der Waals surface area contributed by atoms with Gasteiger partial charge in [-0.2, -0.15) is 0 Å². The molecule has 116 valence electrons. The second kappa shape index (κ2) is 8.45. The highest BCUT2D eigenvalue weighted by Crippen LogP contribution is 2.11. The molecule has 0 aromatic heterocycles. The zero-order chi connectivity index (χ0) is 15.8. The van der Waals surface area contributed by atoms with Crippen LogP contribution in [0.3, 0.4) is 0 Å². The van der Waals surface area contributed by atoms with Gasteiger partial charge in [-0.3, -0.25) is 9.59 Å². The van der Waals surface area contributed by atoms with Gasteiger partial charge in [-0.15, -0.1) is 0 Å². The Balaban J connectivity index is 2.53. The third-order valence-electron chi connectivity index (χ3n) is 3.38. The Morgan fingerprint density at radius 1 is 1.24 bits per heavy atom. The van der Waals surface area contributed by atoms with Crippen molar-refractivity contribution in [3.05, 3.63) is 35.4 Å². The van der Waals surface area contributed by atoms with Gasteiger partial charge in [-0.25, -0.2) is 0 Å². The SMILES string of the molecule is CC(=O)N(CCC(=O)NCC(C)C)Cc1ccccc1C. The lowest BCUT2D eigenvalue weighted by Gasteiger charge is -2.22. The van der Waals surface area contributed by atoms with Crippen LogP contribution in [-0.2, 0) is 16.1 Å². The quantitative estimate of drug-likeness (QED) is 0.839. The minimum Gasteiger partial charge on any atom is -0.356 e. The van der Waals surface area contributed by atoms with E-state index < -0.39 is 0 Å². The standard InChI is InChI=1S/C17H26N2O2/c1-13(2)11-18-17(21)9-10-19(15(4)20)12-16-8-6-5-7-14(16)3/h5-8,13H,9-12H2,1-4H3,(H,18,21). The third kappa shape index (κ3) is 6.43. The maximum absolute atomic E-state index is 11.7. The van der Waals surface area contributed by atoms with Gasteiger partial charge in [0.05, 0.1) is 0 Å². The van der Waals surface area contributed by atoms with Crippen molar-refractivity contribution in [1.29, 1.82) is 0 Å². The van der Waals surface area contributed by atoms with Crippen molar-refractivity contribution in [2.45, 2.75) is 40.7 Å². The summed E-state index contributed by atoms with van der Waals surface area (Å²) in [6.07, 6.45) is 0.345. The maximum Gasteiger partial charge on any atom is 0.221 e. The van der Waals surface area contributed by atoms with Gasteiger partial charge >= 0.3 is 0 Å². The summed E-state index contributed by atoms with van der Waals surface area (Å²) in [6.45, 7) is 9.37. The Morgan fingerprint density at radius 3 is 2.48 bits per heavy atom. The summed E-state index contributed by atoms with van der Waals surface area (Å²) < 4.78 is 0. The van der Waals surface area contributed by atoms with Crippen LogP contribution in [0.4, 0.5) is 0 Å². The maximum atomic E-state index is 11.7. The largest absolute Gasteiger partial charge is 0.356 e. The third-order valence-corrected chi connectivity index (χ3v) is 3.38. The van der Waals surface area contributed by atoms with Crippen molar-refractivity contribution in [2.24, 2.45) is 5.92 Å². The molecule has 1 aromatic rings. The van der Waals surface area contributed by atoms with E-state index in [2.05, 4.69) is 19.2 Å². The number of aryl methyl sites for hydroxylation is 1. The highest BCUT2D eigenvalue weighted by atomic mass is 16.2. The Kier molecular flexibility index (Phi) is 6.92. The van der Waals surface area contributed by atoms with Crippen LogP contribution in [0.25, 0.3) is 0 Å². The summed E-state index contributed by atoms with van der Waals surface area (Å²) in [4.78, 5) is 25.2. The van der Waals surface area contributed by atoms with Crippen LogP contribution in [0, 0.1) is 12.8 Å². The van der Waals surface area contributed by atoms with Crippen LogP contribution in [-0.4, -0.2) is 29.8 Å². The molecule has 0 heterocycles. The van der Waals surface area contributed by atoms with Crippen LogP contribution in [0.5, 0.6) is 0 Å². The minimum atomic E-state index is -0.00471. The monoisotopic (exact) mass is 290 g/mol. The number of amides is 2. The van der Waals surface area contributed by atoms with E-state index in [0.29, 0.717) is 32.0 Å². The molecular weight excluding hydrogens is 264 g/mol. The topological polar surface area (TPSA) is 49.4 Å². The second-order valence-corrected chi connectivity index (χ2v) is 5.81. The van der Waals surface area contributed by atoms with Crippen molar-refractivity contribution in [2.75, 3.05) is 13.1 Å². The minimum absolute atomic E-state index is 0.000247. The van der Waals surface area contributed by atoms with Gasteiger partial charge < -0.3 is 10.2 Å². The number of carbonyl (C=O) groups excluding carboxylic acids is 2. The number of hydrogen-bond donors (Lipinski definition) is 1. The zero-order valence-electron chi connectivity index (χ0n) is 13.5. The Bertz CT molecular complexity index is 483. The van der Waals surface area contributed by atoms with Gasteiger partial charge in [0.2, 0.25) is 11.8 Å². The molecule has 0 bridgehead atoms. The van der Waals surface area contributed by atoms with Crippen molar-refractivity contribution in [3.63, 3.8) is 0 Å². The highest BCUT2D eigenvalue weighted by molar-refractivity contribution is 5.78. The average Bonchev–Trinajstić information content (AvgIpc) is 2.42. The lowest BCUT2D eigenvalue weighted by Crippen LogP contribution is -2.34. The molecule has 21 heavy (non-hydrogen) atoms. The average molecular weight is 290 g/mol. The fourth-order valence-corrected chi connectivity index (χ4v) is 1.98. The van der Waals surface area contributed by atoms with Crippen molar-refractivity contribution >= 4 is 11.8 Å². The predicted octanol–water partition coefficient (Wildman–Crippen LogP) is 2.51. The number of rotatable bonds is 7. The van der Waals surface area contributed by atoms with Crippen LogP contribution < -0.4 is 5.32 Å². The van der Waals surface area contributed by atoms with Gasteiger partial charge in [0, 0.05) is 33.0 Å². The normalized spacial score (nSPS) is 10.5. The molecule has 2 amide bonds. The van der Waals surface area contributed by atoms with E-state index in [1.54, 1.807) is 11.8 Å². The molecule has 0 saturated heterocycles. The lowest BCUT2D eigenvalue weighted by atomic mass is 10.1. The zero-order valence-corrected chi connectivity index (χ0v) is 13.5. The first-order chi connectivity index (χ1) is 9.90. The summed E-state index contributed by atoms with van der Waals surface area (Å²) in [6, 6.07) is 8.00. The fraction of sp³-hybridized carbons (Fsp3) is 0.529. The summed E-state index contributed by atoms with van der Waals surface area (Å²) in [5.74, 6) is 0.430. The Hall–Kier alpha value is -1.84. The second-order valence-electron chi connectivity index (χ2n) is 5.81. The van der Waals surface area contributed by atoms with Crippen molar-refractivity contribution in [3.8, 4) is 0 Å². The van der Waals surface area contributed by atoms with Gasteiger partial charge in [0.15, 0.2) is 0 Å². The van der Waals surface area contributed by atoms with E-state index >= 15 is 0 Å². The van der Waals surface area contributed by atoms with Crippen LogP contribution in [0.2, 0.25) is 0 Å². The molecule has 0 spiro atoms. The number of carbonyl (C=O) groups is 2. The van der Waals surface area contributed by atoms with Crippen molar-refractivity contribution < 1.29 is 9.59 Å². The van der Waals surface area contributed by atoms with E-state index in [1.165, 1.54) is 0 Å².